The molecule has 0 aliphatic carbocycles. The minimum atomic E-state index is -0.109. The van der Waals surface area contributed by atoms with Gasteiger partial charge >= 0.3 is 0 Å². The summed E-state index contributed by atoms with van der Waals surface area (Å²) in [6, 6.07) is 0. The quantitative estimate of drug-likeness (QED) is 0.489. The Morgan fingerprint density at radius 1 is 1.67 bits per heavy atom. The molecule has 0 aliphatic heterocycles. The third-order valence-electron chi connectivity index (χ3n) is 0.835. The maximum atomic E-state index is 10.6. The fraction of sp³-hybridized carbons (Fsp3) is 0.600. The summed E-state index contributed by atoms with van der Waals surface area (Å²) in [5.74, 6) is -0.109. The lowest BCUT2D eigenvalue weighted by Crippen LogP contribution is -2.32. The second kappa shape index (κ2) is 3.88. The number of rotatable bonds is 3. The zero-order chi connectivity index (χ0) is 7.28. The number of amides is 2. The summed E-state index contributed by atoms with van der Waals surface area (Å²) in [6.45, 7) is 0.0799. The van der Waals surface area contributed by atoms with Crippen LogP contribution in [0.3, 0.4) is 0 Å². The Hall–Kier alpha value is -1.06. The van der Waals surface area contributed by atoms with Crippen molar-refractivity contribution in [1.29, 1.82) is 0 Å². The molecule has 2 amide bonds. The van der Waals surface area contributed by atoms with Crippen molar-refractivity contribution >= 4 is 12.3 Å². The lowest BCUT2D eigenvalue weighted by Gasteiger charge is -2.07. The summed E-state index contributed by atoms with van der Waals surface area (Å²) < 4.78 is 0. The van der Waals surface area contributed by atoms with Crippen LogP contribution in [0.2, 0.25) is 0 Å². The minimum Gasteiger partial charge on any atom is -0.350 e. The van der Waals surface area contributed by atoms with E-state index < -0.39 is 0 Å². The number of likely N-dealkylation sites (N-methyl/N-ethyl adjacent to an activating group) is 1. The Labute approximate surface area is 53.8 Å². The lowest BCUT2D eigenvalue weighted by atomic mass is 10.5. The standard InChI is InChI=1S/C5H10N2O2/c1-7(2)5(9)3-6-4-8/h4H,3H2,1-2H3,(H,6,8). The first-order chi connectivity index (χ1) is 4.18. The van der Waals surface area contributed by atoms with E-state index in [2.05, 4.69) is 5.32 Å². The fourth-order valence-electron chi connectivity index (χ4n) is 0.287. The number of hydrogen-bond donors (Lipinski definition) is 1. The summed E-state index contributed by atoms with van der Waals surface area (Å²) in [7, 11) is 3.27. The molecule has 0 rings (SSSR count). The average Bonchev–Trinajstić information content (AvgIpc) is 1.82. The number of carbonyl (C=O) groups is 2. The highest BCUT2D eigenvalue weighted by Crippen LogP contribution is 1.72. The Kier molecular flexibility index (Phi) is 3.43. The van der Waals surface area contributed by atoms with Gasteiger partial charge in [0.25, 0.3) is 0 Å². The Balaban J connectivity index is 3.38. The first-order valence-electron chi connectivity index (χ1n) is 2.55. The second-order valence-corrected chi connectivity index (χ2v) is 1.79. The molecule has 0 unspecified atom stereocenters. The third kappa shape index (κ3) is 3.52. The predicted molar refractivity (Wildman–Crippen MR) is 32.8 cm³/mol. The van der Waals surface area contributed by atoms with Crippen LogP contribution in [0.5, 0.6) is 0 Å². The van der Waals surface area contributed by atoms with E-state index in [9.17, 15) is 9.59 Å². The summed E-state index contributed by atoms with van der Waals surface area (Å²) in [6.07, 6.45) is 0.501. The van der Waals surface area contributed by atoms with Gasteiger partial charge in [-0.1, -0.05) is 0 Å². The van der Waals surface area contributed by atoms with Crippen molar-refractivity contribution in [3.05, 3.63) is 0 Å². The fourth-order valence-corrected chi connectivity index (χ4v) is 0.287. The van der Waals surface area contributed by atoms with E-state index in [1.807, 2.05) is 0 Å². The summed E-state index contributed by atoms with van der Waals surface area (Å²) in [5, 5.41) is 2.26. The van der Waals surface area contributed by atoms with Gasteiger partial charge in [0.2, 0.25) is 12.3 Å². The average molecular weight is 130 g/mol. The van der Waals surface area contributed by atoms with E-state index >= 15 is 0 Å². The molecule has 0 atom stereocenters. The van der Waals surface area contributed by atoms with Crippen molar-refractivity contribution in [2.75, 3.05) is 20.6 Å². The third-order valence-corrected chi connectivity index (χ3v) is 0.835. The van der Waals surface area contributed by atoms with Crippen LogP contribution >= 0.6 is 0 Å². The van der Waals surface area contributed by atoms with E-state index in [-0.39, 0.29) is 12.5 Å². The molecular weight excluding hydrogens is 120 g/mol. The highest BCUT2D eigenvalue weighted by Gasteiger charge is 1.99. The van der Waals surface area contributed by atoms with Gasteiger partial charge in [0, 0.05) is 14.1 Å². The molecular formula is C5H10N2O2. The molecule has 0 radical (unpaired) electrons. The normalized spacial score (nSPS) is 8.22. The van der Waals surface area contributed by atoms with Gasteiger partial charge in [0.15, 0.2) is 0 Å². The number of carbonyl (C=O) groups excluding carboxylic acids is 2. The molecule has 0 aromatic carbocycles. The molecule has 0 fully saturated rings. The van der Waals surface area contributed by atoms with Crippen LogP contribution in [-0.4, -0.2) is 37.9 Å². The van der Waals surface area contributed by atoms with E-state index in [1.54, 1.807) is 14.1 Å². The van der Waals surface area contributed by atoms with E-state index in [1.165, 1.54) is 4.90 Å². The second-order valence-electron chi connectivity index (χ2n) is 1.79. The van der Waals surface area contributed by atoms with Crippen molar-refractivity contribution < 1.29 is 9.59 Å². The van der Waals surface area contributed by atoms with Crippen LogP contribution in [0.15, 0.2) is 0 Å². The highest BCUT2D eigenvalue weighted by atomic mass is 16.2. The Bertz CT molecular complexity index is 112. The van der Waals surface area contributed by atoms with Crippen LogP contribution in [0.25, 0.3) is 0 Å². The topological polar surface area (TPSA) is 49.4 Å². The van der Waals surface area contributed by atoms with Gasteiger partial charge in [-0.05, 0) is 0 Å². The maximum Gasteiger partial charge on any atom is 0.241 e. The summed E-state index contributed by atoms with van der Waals surface area (Å²) in [5.41, 5.74) is 0. The minimum absolute atomic E-state index is 0.0799. The van der Waals surface area contributed by atoms with Gasteiger partial charge < -0.3 is 10.2 Å². The van der Waals surface area contributed by atoms with Crippen LogP contribution < -0.4 is 5.32 Å². The van der Waals surface area contributed by atoms with Crippen LogP contribution in [0, 0.1) is 0 Å². The molecule has 0 aromatic heterocycles. The van der Waals surface area contributed by atoms with E-state index in [0.717, 1.165) is 0 Å². The first-order valence-corrected chi connectivity index (χ1v) is 2.55. The molecule has 0 spiro atoms. The van der Waals surface area contributed by atoms with Crippen LogP contribution in [0.1, 0.15) is 0 Å². The molecule has 1 N–H and O–H groups in total. The Morgan fingerprint density at radius 2 is 2.22 bits per heavy atom. The Morgan fingerprint density at radius 3 is 2.56 bits per heavy atom. The van der Waals surface area contributed by atoms with E-state index in [4.69, 9.17) is 0 Å². The smallest absolute Gasteiger partial charge is 0.241 e. The number of nitrogens with zero attached hydrogens (tertiary/aromatic N) is 1. The summed E-state index contributed by atoms with van der Waals surface area (Å²) >= 11 is 0. The molecule has 9 heavy (non-hydrogen) atoms. The molecule has 0 aliphatic rings. The first kappa shape index (κ1) is 7.94. The predicted octanol–water partition coefficient (Wildman–Crippen LogP) is -1.18. The van der Waals surface area contributed by atoms with Crippen molar-refractivity contribution in [3.63, 3.8) is 0 Å². The monoisotopic (exact) mass is 130 g/mol. The largest absolute Gasteiger partial charge is 0.350 e. The van der Waals surface area contributed by atoms with E-state index in [0.29, 0.717) is 6.41 Å². The van der Waals surface area contributed by atoms with Crippen LogP contribution in [-0.2, 0) is 9.59 Å². The van der Waals surface area contributed by atoms with Gasteiger partial charge in [0.1, 0.15) is 0 Å². The number of nitrogens with one attached hydrogen (secondary N) is 1. The SMILES string of the molecule is CN(C)C(=O)CNC=O. The molecule has 4 heteroatoms. The molecule has 0 saturated carbocycles. The van der Waals surface area contributed by atoms with Gasteiger partial charge in [-0.15, -0.1) is 0 Å². The molecule has 52 valence electrons. The molecule has 0 saturated heterocycles. The molecule has 0 heterocycles. The zero-order valence-electron chi connectivity index (χ0n) is 5.55. The lowest BCUT2D eigenvalue weighted by molar-refractivity contribution is -0.128. The van der Waals surface area contributed by atoms with Crippen molar-refractivity contribution in [2.24, 2.45) is 0 Å². The molecule has 0 bridgehead atoms. The molecule has 4 nitrogen and oxygen atoms in total. The number of hydrogen-bond acceptors (Lipinski definition) is 2. The van der Waals surface area contributed by atoms with Crippen LogP contribution in [0.4, 0.5) is 0 Å². The van der Waals surface area contributed by atoms with Crippen molar-refractivity contribution in [1.82, 2.24) is 10.2 Å². The molecule has 0 aromatic rings. The van der Waals surface area contributed by atoms with Gasteiger partial charge in [-0.25, -0.2) is 0 Å². The zero-order valence-corrected chi connectivity index (χ0v) is 5.55. The van der Waals surface area contributed by atoms with Gasteiger partial charge in [-0.3, -0.25) is 9.59 Å². The van der Waals surface area contributed by atoms with Gasteiger partial charge in [-0.2, -0.15) is 0 Å². The highest BCUT2D eigenvalue weighted by molar-refractivity contribution is 5.79. The van der Waals surface area contributed by atoms with Crippen molar-refractivity contribution in [3.8, 4) is 0 Å². The van der Waals surface area contributed by atoms with Crippen molar-refractivity contribution in [2.45, 2.75) is 0 Å². The maximum absolute atomic E-state index is 10.6. The summed E-state index contributed by atoms with van der Waals surface area (Å²) in [4.78, 5) is 21.7. The van der Waals surface area contributed by atoms with Gasteiger partial charge in [0.05, 0.1) is 6.54 Å².